The fourth-order valence-electron chi connectivity index (χ4n) is 1.98. The molecule has 0 amide bonds. The molecule has 3 rings (SSSR count). The van der Waals surface area contributed by atoms with Crippen LogP contribution in [-0.4, -0.2) is 29.1 Å². The number of pyridine rings is 1. The number of fused-ring (bicyclic) bond motifs is 1. The number of piperidine rings is 1. The van der Waals surface area contributed by atoms with E-state index in [0.717, 1.165) is 31.4 Å². The van der Waals surface area contributed by atoms with E-state index in [2.05, 4.69) is 14.9 Å². The molecule has 0 radical (unpaired) electrons. The zero-order valence-corrected chi connectivity index (χ0v) is 8.97. The Hall–Kier alpha value is -1.62. The van der Waals surface area contributed by atoms with Gasteiger partial charge in [0.2, 0.25) is 5.71 Å². The smallest absolute Gasteiger partial charge is 0.299 e. The van der Waals surface area contributed by atoms with Crippen molar-refractivity contribution >= 4 is 17.2 Å². The molecule has 0 aromatic carbocycles. The molecule has 0 aliphatic carbocycles. The van der Waals surface area contributed by atoms with E-state index >= 15 is 0 Å². The Morgan fingerprint density at radius 3 is 2.94 bits per heavy atom. The van der Waals surface area contributed by atoms with Crippen molar-refractivity contribution in [1.82, 2.24) is 9.97 Å². The third-order valence-electron chi connectivity index (χ3n) is 2.97. The highest BCUT2D eigenvalue weighted by molar-refractivity contribution is 5.69. The maximum atomic E-state index is 5.86. The maximum absolute atomic E-state index is 5.86. The van der Waals surface area contributed by atoms with Crippen molar-refractivity contribution in [3.05, 3.63) is 18.3 Å². The van der Waals surface area contributed by atoms with Crippen molar-refractivity contribution in [1.29, 1.82) is 0 Å². The van der Waals surface area contributed by atoms with Gasteiger partial charge in [0.25, 0.3) is 6.01 Å². The summed E-state index contributed by atoms with van der Waals surface area (Å²) in [5.41, 5.74) is 7.28. The van der Waals surface area contributed by atoms with Gasteiger partial charge in [0.15, 0.2) is 0 Å². The van der Waals surface area contributed by atoms with E-state index in [1.165, 1.54) is 0 Å². The van der Waals surface area contributed by atoms with Crippen LogP contribution in [0.4, 0.5) is 6.01 Å². The normalized spacial score (nSPS) is 18.2. The minimum Gasteiger partial charge on any atom is -0.404 e. The molecular weight excluding hydrogens is 204 g/mol. The fraction of sp³-hybridized carbons (Fsp3) is 0.455. The van der Waals surface area contributed by atoms with Crippen LogP contribution in [0.3, 0.4) is 0 Å². The number of anilines is 1. The summed E-state index contributed by atoms with van der Waals surface area (Å²) in [5, 5.41) is 0. The molecule has 0 spiro atoms. The van der Waals surface area contributed by atoms with Crippen LogP contribution in [0.5, 0.6) is 0 Å². The Balaban J connectivity index is 1.88. The molecule has 5 heteroatoms. The number of oxazole rings is 1. The van der Waals surface area contributed by atoms with Gasteiger partial charge in [0.1, 0.15) is 5.52 Å². The summed E-state index contributed by atoms with van der Waals surface area (Å²) in [6.45, 7) is 1.82. The van der Waals surface area contributed by atoms with Crippen LogP contribution in [0.1, 0.15) is 12.8 Å². The van der Waals surface area contributed by atoms with Crippen LogP contribution in [0, 0.1) is 0 Å². The van der Waals surface area contributed by atoms with Crippen molar-refractivity contribution in [3.63, 3.8) is 0 Å². The Labute approximate surface area is 93.3 Å². The summed E-state index contributed by atoms with van der Waals surface area (Å²) in [6.07, 6.45) is 3.70. The van der Waals surface area contributed by atoms with E-state index in [9.17, 15) is 0 Å². The quantitative estimate of drug-likeness (QED) is 0.777. The number of rotatable bonds is 1. The Bertz CT molecular complexity index is 454. The molecule has 1 aliphatic rings. The van der Waals surface area contributed by atoms with Gasteiger partial charge in [-0.3, -0.25) is 0 Å². The first-order chi connectivity index (χ1) is 7.83. The summed E-state index contributed by atoms with van der Waals surface area (Å²) in [7, 11) is 0. The molecular formula is C11H14N4O. The average Bonchev–Trinajstić information content (AvgIpc) is 2.73. The third kappa shape index (κ3) is 1.63. The molecule has 2 aromatic heterocycles. The molecule has 2 aromatic rings. The van der Waals surface area contributed by atoms with E-state index < -0.39 is 0 Å². The van der Waals surface area contributed by atoms with Crippen LogP contribution < -0.4 is 10.6 Å². The van der Waals surface area contributed by atoms with Crippen LogP contribution in [0.2, 0.25) is 0 Å². The Morgan fingerprint density at radius 2 is 2.19 bits per heavy atom. The molecule has 1 saturated heterocycles. The van der Waals surface area contributed by atoms with Crippen LogP contribution in [0.15, 0.2) is 22.7 Å². The molecule has 2 N–H and O–H groups in total. The molecule has 5 nitrogen and oxygen atoms in total. The van der Waals surface area contributed by atoms with Crippen molar-refractivity contribution in [2.75, 3.05) is 18.0 Å². The molecule has 3 heterocycles. The molecule has 84 valence electrons. The zero-order chi connectivity index (χ0) is 11.0. The average molecular weight is 218 g/mol. The Morgan fingerprint density at radius 1 is 1.38 bits per heavy atom. The Kier molecular flexibility index (Phi) is 2.25. The molecule has 0 atom stereocenters. The van der Waals surface area contributed by atoms with Crippen LogP contribution >= 0.6 is 0 Å². The molecule has 0 saturated carbocycles. The van der Waals surface area contributed by atoms with Gasteiger partial charge in [0.05, 0.1) is 0 Å². The highest BCUT2D eigenvalue weighted by Crippen LogP contribution is 2.22. The first-order valence-corrected chi connectivity index (χ1v) is 5.55. The van der Waals surface area contributed by atoms with Crippen molar-refractivity contribution in [3.8, 4) is 0 Å². The first-order valence-electron chi connectivity index (χ1n) is 5.55. The molecule has 1 aliphatic heterocycles. The zero-order valence-electron chi connectivity index (χ0n) is 8.97. The molecule has 0 unspecified atom stereocenters. The standard InChI is InChI=1S/C11H14N4O/c12-8-3-6-15(7-4-8)11-14-9-2-1-5-13-10(9)16-11/h1-2,5,8H,3-4,6-7,12H2. The van der Waals surface area contributed by atoms with E-state index in [4.69, 9.17) is 10.2 Å². The lowest BCUT2D eigenvalue weighted by atomic mass is 10.1. The summed E-state index contributed by atoms with van der Waals surface area (Å²) >= 11 is 0. The molecule has 16 heavy (non-hydrogen) atoms. The van der Waals surface area contributed by atoms with Crippen molar-refractivity contribution in [2.24, 2.45) is 5.73 Å². The number of hydrogen-bond donors (Lipinski definition) is 1. The SMILES string of the molecule is NC1CCN(c2nc3cccnc3o2)CC1. The summed E-state index contributed by atoms with van der Waals surface area (Å²) in [5.74, 6) is 0. The van der Waals surface area contributed by atoms with Gasteiger partial charge in [-0.15, -0.1) is 0 Å². The fourth-order valence-corrected chi connectivity index (χ4v) is 1.98. The molecule has 1 fully saturated rings. The summed E-state index contributed by atoms with van der Waals surface area (Å²) in [6, 6.07) is 4.76. The van der Waals surface area contributed by atoms with Gasteiger partial charge < -0.3 is 15.1 Å². The van der Waals surface area contributed by atoms with Crippen LogP contribution in [-0.2, 0) is 0 Å². The predicted octanol–water partition coefficient (Wildman–Crippen LogP) is 1.15. The van der Waals surface area contributed by atoms with Crippen molar-refractivity contribution < 1.29 is 4.42 Å². The lowest BCUT2D eigenvalue weighted by Crippen LogP contribution is -2.39. The predicted molar refractivity (Wildman–Crippen MR) is 61.2 cm³/mol. The largest absolute Gasteiger partial charge is 0.404 e. The number of nitrogens with zero attached hydrogens (tertiary/aromatic N) is 3. The second kappa shape index (κ2) is 3.75. The monoisotopic (exact) mass is 218 g/mol. The number of hydrogen-bond acceptors (Lipinski definition) is 5. The maximum Gasteiger partial charge on any atom is 0.299 e. The summed E-state index contributed by atoms with van der Waals surface area (Å²) < 4.78 is 5.61. The number of aromatic nitrogens is 2. The third-order valence-corrected chi connectivity index (χ3v) is 2.97. The number of nitrogens with two attached hydrogens (primary N) is 1. The van der Waals surface area contributed by atoms with Gasteiger partial charge in [-0.2, -0.15) is 4.98 Å². The second-order valence-electron chi connectivity index (χ2n) is 4.15. The minimum atomic E-state index is 0.318. The van der Waals surface area contributed by atoms with Gasteiger partial charge in [0, 0.05) is 25.3 Å². The summed E-state index contributed by atoms with van der Waals surface area (Å²) in [4.78, 5) is 10.7. The van der Waals surface area contributed by atoms with Gasteiger partial charge in [-0.1, -0.05) is 0 Å². The van der Waals surface area contributed by atoms with Gasteiger partial charge in [-0.25, -0.2) is 4.98 Å². The first kappa shape index (κ1) is 9.59. The van der Waals surface area contributed by atoms with E-state index in [1.807, 2.05) is 12.1 Å². The van der Waals surface area contributed by atoms with Crippen molar-refractivity contribution in [2.45, 2.75) is 18.9 Å². The lowest BCUT2D eigenvalue weighted by Gasteiger charge is -2.28. The topological polar surface area (TPSA) is 68.2 Å². The second-order valence-corrected chi connectivity index (χ2v) is 4.15. The van der Waals surface area contributed by atoms with Gasteiger partial charge >= 0.3 is 0 Å². The van der Waals surface area contributed by atoms with E-state index in [1.54, 1.807) is 6.20 Å². The van der Waals surface area contributed by atoms with Gasteiger partial charge in [-0.05, 0) is 25.0 Å². The van der Waals surface area contributed by atoms with E-state index in [-0.39, 0.29) is 0 Å². The highest BCUT2D eigenvalue weighted by atomic mass is 16.4. The van der Waals surface area contributed by atoms with Crippen LogP contribution in [0.25, 0.3) is 11.2 Å². The minimum absolute atomic E-state index is 0.318. The lowest BCUT2D eigenvalue weighted by molar-refractivity contribution is 0.464. The highest BCUT2D eigenvalue weighted by Gasteiger charge is 2.20. The van der Waals surface area contributed by atoms with E-state index in [0.29, 0.717) is 17.8 Å². The molecule has 0 bridgehead atoms.